The molecule has 0 radical (unpaired) electrons. The van der Waals surface area contributed by atoms with Crippen molar-refractivity contribution in [2.45, 2.75) is 99.8 Å². The summed E-state index contributed by atoms with van der Waals surface area (Å²) in [5, 5.41) is 1.01. The van der Waals surface area contributed by atoms with Crippen LogP contribution >= 0.6 is 23.1 Å². The summed E-state index contributed by atoms with van der Waals surface area (Å²) >= 11 is 3.44. The van der Waals surface area contributed by atoms with Gasteiger partial charge in [-0.25, -0.2) is 13.8 Å². The number of aliphatic imine (C=N–C) groups is 1. The summed E-state index contributed by atoms with van der Waals surface area (Å²) < 4.78 is 30.8. The Kier molecular flexibility index (Phi) is 13.1. The topological polar surface area (TPSA) is 12.4 Å². The van der Waals surface area contributed by atoms with Gasteiger partial charge in [0.05, 0.1) is 5.70 Å². The van der Waals surface area contributed by atoms with Gasteiger partial charge in [-0.3, -0.25) is 0 Å². The smallest absolute Gasteiger partial charge is 0.132 e. The minimum Gasteiger partial charge on any atom is -0.240 e. The van der Waals surface area contributed by atoms with Crippen LogP contribution in [-0.4, -0.2) is 10.8 Å². The lowest BCUT2D eigenvalue weighted by atomic mass is 9.92. The predicted octanol–water partition coefficient (Wildman–Crippen LogP) is 14.2. The van der Waals surface area contributed by atoms with E-state index in [1.165, 1.54) is 6.42 Å². The molecule has 0 saturated carbocycles. The van der Waals surface area contributed by atoms with Crippen LogP contribution in [0.5, 0.6) is 0 Å². The molecule has 0 bridgehead atoms. The number of benzene rings is 2. The zero-order valence-electron chi connectivity index (χ0n) is 31.0. The fourth-order valence-corrected chi connectivity index (χ4v) is 8.94. The van der Waals surface area contributed by atoms with Crippen molar-refractivity contribution in [3.63, 3.8) is 0 Å². The lowest BCUT2D eigenvalue weighted by molar-refractivity contribution is 0.581. The van der Waals surface area contributed by atoms with Crippen molar-refractivity contribution < 1.29 is 8.78 Å². The van der Waals surface area contributed by atoms with Gasteiger partial charge >= 0.3 is 0 Å². The number of unbranched alkanes of at least 4 members (excludes halogenated alkanes) is 1. The summed E-state index contributed by atoms with van der Waals surface area (Å²) in [6, 6.07) is 15.6. The average molecular weight is 710 g/mol. The van der Waals surface area contributed by atoms with E-state index in [4.69, 9.17) is 4.99 Å². The second-order valence-electron chi connectivity index (χ2n) is 14.5. The molecule has 2 aromatic carbocycles. The Morgan fingerprint density at radius 2 is 1.54 bits per heavy atom. The van der Waals surface area contributed by atoms with Crippen molar-refractivity contribution >= 4 is 39.3 Å². The van der Waals surface area contributed by atoms with Crippen molar-refractivity contribution in [1.29, 1.82) is 0 Å². The SMILES string of the molecule is C=C(C)C1=C(C2=CC=C(c3ccc(CCC(C)C)cc3F)C2)N=C(SCC(C)CCC)/C1=C(/C)c1ccc(-c2ccc(CCCC)cc2F)s1. The van der Waals surface area contributed by atoms with Crippen LogP contribution in [0.25, 0.3) is 21.6 Å². The second-order valence-corrected chi connectivity index (χ2v) is 16.6. The zero-order chi connectivity index (χ0) is 35.9. The van der Waals surface area contributed by atoms with Crippen LogP contribution in [0.1, 0.15) is 109 Å². The van der Waals surface area contributed by atoms with Crippen LogP contribution in [0.3, 0.4) is 0 Å². The highest BCUT2D eigenvalue weighted by atomic mass is 32.2. The van der Waals surface area contributed by atoms with Gasteiger partial charge in [0.2, 0.25) is 0 Å². The molecule has 1 aliphatic heterocycles. The van der Waals surface area contributed by atoms with Crippen molar-refractivity contribution in [2.75, 3.05) is 5.75 Å². The number of aryl methyl sites for hydroxylation is 2. The maximum atomic E-state index is 15.5. The Morgan fingerprint density at radius 3 is 2.18 bits per heavy atom. The maximum Gasteiger partial charge on any atom is 0.132 e. The van der Waals surface area contributed by atoms with Gasteiger partial charge < -0.3 is 0 Å². The van der Waals surface area contributed by atoms with E-state index in [0.29, 0.717) is 29.4 Å². The Balaban J connectivity index is 1.48. The lowest BCUT2D eigenvalue weighted by Gasteiger charge is -2.15. The van der Waals surface area contributed by atoms with E-state index >= 15 is 8.78 Å². The van der Waals surface area contributed by atoms with Crippen LogP contribution in [0.15, 0.2) is 100 Å². The standard InChI is InChI=1S/C45H53F2NS2/c1-9-11-13-32-17-21-37(39(47)24-32)41-23-22-40(50-41)31(8)43-42(29(5)6)44(48-45(43)49-27-30(7)12-10-2)35-19-18-34(26-35)36-20-16-33(25-38(36)46)15-14-28(3)4/h16-25,28,30H,5,9-15,26-27H2,1-4,6-8H3/b43-31-. The molecular weight excluding hydrogens is 657 g/mol. The molecule has 0 N–H and O–H groups in total. The predicted molar refractivity (Wildman–Crippen MR) is 217 cm³/mol. The second kappa shape index (κ2) is 17.3. The van der Waals surface area contributed by atoms with Gasteiger partial charge in [-0.2, -0.15) is 0 Å². The number of hydrogen-bond acceptors (Lipinski definition) is 3. The highest BCUT2D eigenvalue weighted by molar-refractivity contribution is 8.14. The van der Waals surface area contributed by atoms with Crippen LogP contribution in [-0.2, 0) is 12.8 Å². The first kappa shape index (κ1) is 38.0. The van der Waals surface area contributed by atoms with Gasteiger partial charge in [-0.15, -0.1) is 23.1 Å². The summed E-state index contributed by atoms with van der Waals surface area (Å²) in [4.78, 5) is 7.36. The van der Waals surface area contributed by atoms with Gasteiger partial charge in [-0.05, 0) is 109 Å². The maximum absolute atomic E-state index is 15.5. The van der Waals surface area contributed by atoms with Gasteiger partial charge in [0.15, 0.2) is 0 Å². The fraction of sp³-hybridized carbons (Fsp3) is 0.400. The summed E-state index contributed by atoms with van der Waals surface area (Å²) in [5.41, 5.74) is 10.6. The molecule has 0 amide bonds. The van der Waals surface area contributed by atoms with E-state index in [9.17, 15) is 0 Å². The van der Waals surface area contributed by atoms with Crippen LogP contribution in [0.4, 0.5) is 8.78 Å². The van der Waals surface area contributed by atoms with Crippen LogP contribution in [0, 0.1) is 23.5 Å². The molecule has 50 heavy (non-hydrogen) atoms. The number of allylic oxidation sites excluding steroid dienone is 7. The van der Waals surface area contributed by atoms with Crippen LogP contribution < -0.4 is 0 Å². The van der Waals surface area contributed by atoms with Crippen LogP contribution in [0.2, 0.25) is 0 Å². The molecular formula is C45H53F2NS2. The summed E-state index contributed by atoms with van der Waals surface area (Å²) in [6.07, 6.45) is 12.1. The third-order valence-corrected chi connectivity index (χ3v) is 12.2. The minimum atomic E-state index is -0.163. The van der Waals surface area contributed by atoms with E-state index < -0.39 is 0 Å². The molecule has 0 spiro atoms. The highest BCUT2D eigenvalue weighted by Crippen LogP contribution is 2.46. The van der Waals surface area contributed by atoms with Crippen molar-refractivity contribution in [3.8, 4) is 10.4 Å². The van der Waals surface area contributed by atoms with Gasteiger partial charge in [-0.1, -0.05) is 96.9 Å². The number of thioether (sulfide) groups is 1. The molecule has 0 fully saturated rings. The van der Waals surface area contributed by atoms with Gasteiger partial charge in [0.1, 0.15) is 16.7 Å². The van der Waals surface area contributed by atoms with E-state index in [1.54, 1.807) is 23.5 Å². The van der Waals surface area contributed by atoms with Gasteiger partial charge in [0.25, 0.3) is 0 Å². The molecule has 264 valence electrons. The summed E-state index contributed by atoms with van der Waals surface area (Å²) in [6.45, 7) is 19.8. The molecule has 1 aliphatic carbocycles. The molecule has 1 aromatic heterocycles. The highest BCUT2D eigenvalue weighted by Gasteiger charge is 2.31. The Labute approximate surface area is 308 Å². The first-order valence-corrected chi connectivity index (χ1v) is 20.2. The number of hydrogen-bond donors (Lipinski definition) is 0. The molecule has 1 nitrogen and oxygen atoms in total. The Hall–Kier alpha value is -3.28. The van der Waals surface area contributed by atoms with E-state index in [2.05, 4.69) is 85.4 Å². The van der Waals surface area contributed by atoms with Crippen molar-refractivity contribution in [2.24, 2.45) is 16.8 Å². The monoisotopic (exact) mass is 709 g/mol. The summed E-state index contributed by atoms with van der Waals surface area (Å²) in [5.74, 6) is 1.80. The quantitative estimate of drug-likeness (QED) is 0.153. The molecule has 1 atom stereocenters. The Bertz CT molecular complexity index is 1880. The minimum absolute atomic E-state index is 0.158. The number of rotatable bonds is 15. The van der Waals surface area contributed by atoms with Crippen molar-refractivity contribution in [3.05, 3.63) is 128 Å². The first-order valence-electron chi connectivity index (χ1n) is 18.4. The number of halogens is 2. The number of thiophene rings is 1. The molecule has 3 aromatic rings. The summed E-state index contributed by atoms with van der Waals surface area (Å²) in [7, 11) is 0. The van der Waals surface area contributed by atoms with E-state index in [0.717, 1.165) is 109 Å². The van der Waals surface area contributed by atoms with E-state index in [-0.39, 0.29) is 11.6 Å². The normalized spacial score (nSPS) is 16.2. The Morgan fingerprint density at radius 1 is 0.860 bits per heavy atom. The molecule has 5 heteroatoms. The largest absolute Gasteiger partial charge is 0.240 e. The molecule has 5 rings (SSSR count). The first-order chi connectivity index (χ1) is 24.0. The molecule has 1 unspecified atom stereocenters. The van der Waals surface area contributed by atoms with Crippen molar-refractivity contribution in [1.82, 2.24) is 0 Å². The third kappa shape index (κ3) is 8.95. The molecule has 2 heterocycles. The fourth-order valence-electron chi connectivity index (χ4n) is 6.74. The van der Waals surface area contributed by atoms with E-state index in [1.807, 2.05) is 30.0 Å². The van der Waals surface area contributed by atoms with Gasteiger partial charge in [0, 0.05) is 44.2 Å². The molecule has 0 saturated heterocycles. The zero-order valence-corrected chi connectivity index (χ0v) is 32.7. The average Bonchev–Trinajstić information content (AvgIpc) is 3.84. The molecule has 2 aliphatic rings. The number of nitrogens with zero attached hydrogens (tertiary/aromatic N) is 1. The third-order valence-electron chi connectivity index (χ3n) is 9.66. The lowest BCUT2D eigenvalue weighted by Crippen LogP contribution is -2.05.